The average molecular weight is 261 g/mol. The summed E-state index contributed by atoms with van der Waals surface area (Å²) in [7, 11) is 1.75. The van der Waals surface area contributed by atoms with E-state index in [1.807, 2.05) is 11.8 Å². The van der Waals surface area contributed by atoms with Crippen LogP contribution in [-0.2, 0) is 4.74 Å². The summed E-state index contributed by atoms with van der Waals surface area (Å²) in [4.78, 5) is 0. The Morgan fingerprint density at radius 3 is 2.65 bits per heavy atom. The molecule has 0 aliphatic heterocycles. The van der Waals surface area contributed by atoms with E-state index in [0.29, 0.717) is 6.04 Å². The van der Waals surface area contributed by atoms with Crippen LogP contribution in [0.15, 0.2) is 0 Å². The smallest absolute Gasteiger partial charge is 0.0610 e. The van der Waals surface area contributed by atoms with Gasteiger partial charge < -0.3 is 15.2 Å². The first kappa shape index (κ1) is 15.3. The molecule has 102 valence electrons. The van der Waals surface area contributed by atoms with Crippen LogP contribution in [0.5, 0.6) is 0 Å². The van der Waals surface area contributed by atoms with Gasteiger partial charge in [-0.25, -0.2) is 0 Å². The number of aliphatic hydroxyl groups excluding tert-OH is 1. The van der Waals surface area contributed by atoms with Crippen molar-refractivity contribution in [2.75, 3.05) is 31.8 Å². The van der Waals surface area contributed by atoms with Crippen LogP contribution in [0.1, 0.15) is 39.0 Å². The number of thioether (sulfide) groups is 1. The molecule has 1 rings (SSSR count). The Labute approximate surface area is 110 Å². The highest BCUT2D eigenvalue weighted by atomic mass is 32.2. The van der Waals surface area contributed by atoms with Gasteiger partial charge in [0, 0.05) is 25.3 Å². The minimum atomic E-state index is -0.0613. The number of hydrogen-bond donors (Lipinski definition) is 2. The molecule has 0 aromatic heterocycles. The summed E-state index contributed by atoms with van der Waals surface area (Å²) in [5, 5.41) is 13.0. The molecule has 17 heavy (non-hydrogen) atoms. The van der Waals surface area contributed by atoms with E-state index in [4.69, 9.17) is 4.74 Å². The highest BCUT2D eigenvalue weighted by molar-refractivity contribution is 7.99. The van der Waals surface area contributed by atoms with Gasteiger partial charge in [-0.05, 0) is 50.5 Å². The highest BCUT2D eigenvalue weighted by Gasteiger charge is 2.31. The molecule has 0 aromatic rings. The minimum absolute atomic E-state index is 0.0613. The minimum Gasteiger partial charge on any atom is -0.394 e. The third-order valence-corrected chi connectivity index (χ3v) is 4.29. The first-order chi connectivity index (χ1) is 8.20. The van der Waals surface area contributed by atoms with Crippen molar-refractivity contribution in [3.8, 4) is 0 Å². The standard InChI is InChI=1S/C13H27NO2S/c1-13(11-15,14-12-5-6-12)7-3-9-17-10-4-8-16-2/h12,14-15H,3-11H2,1-2H3. The van der Waals surface area contributed by atoms with E-state index in [9.17, 15) is 5.11 Å². The van der Waals surface area contributed by atoms with Crippen molar-refractivity contribution in [1.29, 1.82) is 0 Å². The van der Waals surface area contributed by atoms with Crippen molar-refractivity contribution in [2.24, 2.45) is 0 Å². The van der Waals surface area contributed by atoms with E-state index < -0.39 is 0 Å². The second-order valence-corrected chi connectivity index (χ2v) is 6.42. The maximum absolute atomic E-state index is 9.45. The predicted molar refractivity (Wildman–Crippen MR) is 74.7 cm³/mol. The Kier molecular flexibility index (Phi) is 7.51. The lowest BCUT2D eigenvalue weighted by Gasteiger charge is -2.29. The summed E-state index contributed by atoms with van der Waals surface area (Å²) in [5.41, 5.74) is -0.0613. The Morgan fingerprint density at radius 1 is 1.35 bits per heavy atom. The van der Waals surface area contributed by atoms with Crippen LogP contribution < -0.4 is 5.32 Å². The van der Waals surface area contributed by atoms with Crippen molar-refractivity contribution in [3.63, 3.8) is 0 Å². The van der Waals surface area contributed by atoms with E-state index in [1.165, 1.54) is 30.8 Å². The highest BCUT2D eigenvalue weighted by Crippen LogP contribution is 2.25. The molecule has 1 unspecified atom stereocenters. The first-order valence-corrected chi connectivity index (χ1v) is 7.81. The number of ether oxygens (including phenoxy) is 1. The van der Waals surface area contributed by atoms with Crippen LogP contribution in [0.25, 0.3) is 0 Å². The molecule has 0 spiro atoms. The summed E-state index contributed by atoms with van der Waals surface area (Å²) in [6.45, 7) is 3.25. The molecule has 0 bridgehead atoms. The molecule has 1 atom stereocenters. The van der Waals surface area contributed by atoms with Gasteiger partial charge in [-0.1, -0.05) is 0 Å². The summed E-state index contributed by atoms with van der Waals surface area (Å²) in [6, 6.07) is 0.668. The lowest BCUT2D eigenvalue weighted by Crippen LogP contribution is -2.47. The van der Waals surface area contributed by atoms with Gasteiger partial charge in [0.15, 0.2) is 0 Å². The zero-order valence-electron chi connectivity index (χ0n) is 11.2. The van der Waals surface area contributed by atoms with Gasteiger partial charge in [0.05, 0.1) is 6.61 Å². The fraction of sp³-hybridized carbons (Fsp3) is 1.00. The largest absolute Gasteiger partial charge is 0.394 e. The monoisotopic (exact) mass is 261 g/mol. The number of hydrogen-bond acceptors (Lipinski definition) is 4. The summed E-state index contributed by atoms with van der Waals surface area (Å²) in [5.74, 6) is 2.37. The molecule has 1 aliphatic rings. The van der Waals surface area contributed by atoms with Crippen LogP contribution >= 0.6 is 11.8 Å². The van der Waals surface area contributed by atoms with E-state index in [2.05, 4.69) is 12.2 Å². The lowest BCUT2D eigenvalue weighted by molar-refractivity contribution is 0.163. The van der Waals surface area contributed by atoms with Crippen molar-refractivity contribution >= 4 is 11.8 Å². The summed E-state index contributed by atoms with van der Waals surface area (Å²) < 4.78 is 5.01. The zero-order valence-corrected chi connectivity index (χ0v) is 12.0. The summed E-state index contributed by atoms with van der Waals surface area (Å²) >= 11 is 1.99. The fourth-order valence-electron chi connectivity index (χ4n) is 1.89. The molecule has 1 saturated carbocycles. The van der Waals surface area contributed by atoms with Crippen molar-refractivity contribution < 1.29 is 9.84 Å². The normalized spacial score (nSPS) is 19.2. The Hall–Kier alpha value is 0.230. The molecule has 1 fully saturated rings. The molecular formula is C13H27NO2S. The van der Waals surface area contributed by atoms with Crippen molar-refractivity contribution in [3.05, 3.63) is 0 Å². The molecule has 0 amide bonds. The topological polar surface area (TPSA) is 41.5 Å². The van der Waals surface area contributed by atoms with Crippen LogP contribution in [0.4, 0.5) is 0 Å². The maximum atomic E-state index is 9.45. The van der Waals surface area contributed by atoms with E-state index in [0.717, 1.165) is 19.4 Å². The molecule has 1 aliphatic carbocycles. The quantitative estimate of drug-likeness (QED) is 0.559. The third-order valence-electron chi connectivity index (χ3n) is 3.13. The van der Waals surface area contributed by atoms with Crippen LogP contribution in [0.3, 0.4) is 0 Å². The zero-order chi connectivity index (χ0) is 12.6. The predicted octanol–water partition coefficient (Wildman–Crippen LogP) is 2.04. The van der Waals surface area contributed by atoms with Crippen LogP contribution in [0, 0.1) is 0 Å². The molecule has 0 heterocycles. The van der Waals surface area contributed by atoms with Crippen LogP contribution in [0.2, 0.25) is 0 Å². The fourth-order valence-corrected chi connectivity index (χ4v) is 2.76. The second kappa shape index (κ2) is 8.35. The lowest BCUT2D eigenvalue weighted by atomic mass is 9.97. The number of rotatable bonds is 11. The SMILES string of the molecule is COCCCSCCCC(C)(CO)NC1CC1. The first-order valence-electron chi connectivity index (χ1n) is 6.65. The molecule has 4 heteroatoms. The molecule has 2 N–H and O–H groups in total. The van der Waals surface area contributed by atoms with Gasteiger partial charge in [-0.3, -0.25) is 0 Å². The summed E-state index contributed by atoms with van der Waals surface area (Å²) in [6.07, 6.45) is 5.94. The van der Waals surface area contributed by atoms with Gasteiger partial charge in [0.25, 0.3) is 0 Å². The molecule has 0 radical (unpaired) electrons. The molecule has 0 saturated heterocycles. The van der Waals surface area contributed by atoms with Gasteiger partial charge >= 0.3 is 0 Å². The van der Waals surface area contributed by atoms with Gasteiger partial charge in [-0.2, -0.15) is 11.8 Å². The van der Waals surface area contributed by atoms with E-state index in [1.54, 1.807) is 7.11 Å². The Morgan fingerprint density at radius 2 is 2.06 bits per heavy atom. The van der Waals surface area contributed by atoms with Crippen LogP contribution in [-0.4, -0.2) is 48.5 Å². The average Bonchev–Trinajstić information content (AvgIpc) is 3.12. The Bertz CT molecular complexity index is 200. The van der Waals surface area contributed by atoms with Crippen molar-refractivity contribution in [2.45, 2.75) is 50.6 Å². The molecule has 3 nitrogen and oxygen atoms in total. The van der Waals surface area contributed by atoms with Gasteiger partial charge in [0.2, 0.25) is 0 Å². The second-order valence-electron chi connectivity index (χ2n) is 5.20. The van der Waals surface area contributed by atoms with E-state index >= 15 is 0 Å². The van der Waals surface area contributed by atoms with E-state index in [-0.39, 0.29) is 12.1 Å². The van der Waals surface area contributed by atoms with Crippen molar-refractivity contribution in [1.82, 2.24) is 5.32 Å². The Balaban J connectivity index is 1.98. The van der Waals surface area contributed by atoms with Gasteiger partial charge in [0.1, 0.15) is 0 Å². The van der Waals surface area contributed by atoms with Gasteiger partial charge in [-0.15, -0.1) is 0 Å². The molecular weight excluding hydrogens is 234 g/mol. The molecule has 0 aromatic carbocycles. The third kappa shape index (κ3) is 7.29. The number of aliphatic hydroxyl groups is 1. The number of nitrogens with one attached hydrogen (secondary N) is 1. The maximum Gasteiger partial charge on any atom is 0.0610 e. The number of methoxy groups -OCH3 is 1.